The van der Waals surface area contributed by atoms with Gasteiger partial charge in [0, 0.05) is 12.7 Å². The van der Waals surface area contributed by atoms with E-state index in [1.54, 1.807) is 7.05 Å². The molecule has 0 aromatic carbocycles. The molecular weight excluding hydrogens is 140 g/mol. The predicted molar refractivity (Wildman–Crippen MR) is 46.5 cm³/mol. The van der Waals surface area contributed by atoms with Crippen LogP contribution in [0.15, 0.2) is 21.4 Å². The van der Waals surface area contributed by atoms with Crippen molar-refractivity contribution >= 4 is 11.7 Å². The Kier molecular flexibility index (Phi) is 1.94. The molecule has 0 aromatic rings. The summed E-state index contributed by atoms with van der Waals surface area (Å²) >= 11 is 0. The average molecular weight is 152 g/mol. The minimum absolute atomic E-state index is 0.690. The lowest BCUT2D eigenvalue weighted by Crippen LogP contribution is -2.22. The predicted octanol–water partition coefficient (Wildman–Crippen LogP) is 0.227. The van der Waals surface area contributed by atoms with Crippen molar-refractivity contribution in [3.63, 3.8) is 0 Å². The Morgan fingerprint density at radius 2 is 2.27 bits per heavy atom. The zero-order valence-corrected chi connectivity index (χ0v) is 6.97. The van der Waals surface area contributed by atoms with Crippen LogP contribution in [0.4, 0.5) is 0 Å². The highest BCUT2D eigenvalue weighted by Crippen LogP contribution is 2.08. The molecule has 0 amide bonds. The molecule has 0 radical (unpaired) electrons. The van der Waals surface area contributed by atoms with Crippen LogP contribution in [-0.4, -0.2) is 18.7 Å². The van der Waals surface area contributed by atoms with Gasteiger partial charge in [-0.3, -0.25) is 4.99 Å². The smallest absolute Gasteiger partial charge is 0.154 e. The molecule has 0 saturated heterocycles. The number of hydrogen-bond donors (Lipinski definition) is 2. The molecule has 4 heteroatoms. The van der Waals surface area contributed by atoms with E-state index < -0.39 is 0 Å². The summed E-state index contributed by atoms with van der Waals surface area (Å²) in [6.07, 6.45) is 0. The van der Waals surface area contributed by atoms with Crippen molar-refractivity contribution in [1.82, 2.24) is 5.32 Å². The van der Waals surface area contributed by atoms with Crippen molar-refractivity contribution in [1.29, 1.82) is 0 Å². The SMILES string of the molecule is C/N=C1/NC(C)=N/C1=C(\C)N. The fourth-order valence-electron chi connectivity index (χ4n) is 0.916. The zero-order chi connectivity index (χ0) is 8.43. The van der Waals surface area contributed by atoms with E-state index in [1.807, 2.05) is 13.8 Å². The van der Waals surface area contributed by atoms with Crippen LogP contribution in [0.1, 0.15) is 13.8 Å². The second kappa shape index (κ2) is 2.74. The van der Waals surface area contributed by atoms with E-state index in [9.17, 15) is 0 Å². The fourth-order valence-corrected chi connectivity index (χ4v) is 0.916. The first-order chi connectivity index (χ1) is 5.15. The van der Waals surface area contributed by atoms with Gasteiger partial charge in [-0.1, -0.05) is 0 Å². The molecule has 0 saturated carbocycles. The van der Waals surface area contributed by atoms with E-state index in [-0.39, 0.29) is 0 Å². The quantitative estimate of drug-likeness (QED) is 0.521. The molecule has 3 N–H and O–H groups in total. The summed E-state index contributed by atoms with van der Waals surface area (Å²) in [5.74, 6) is 1.59. The van der Waals surface area contributed by atoms with Crippen molar-refractivity contribution in [3.8, 4) is 0 Å². The van der Waals surface area contributed by atoms with Gasteiger partial charge in [0.05, 0.1) is 0 Å². The molecule has 0 aromatic heterocycles. The highest BCUT2D eigenvalue weighted by molar-refractivity contribution is 6.14. The molecule has 0 atom stereocenters. The minimum Gasteiger partial charge on any atom is -0.400 e. The van der Waals surface area contributed by atoms with E-state index in [1.165, 1.54) is 0 Å². The Balaban J connectivity index is 3.05. The second-order valence-electron chi connectivity index (χ2n) is 2.43. The summed E-state index contributed by atoms with van der Waals surface area (Å²) in [6.45, 7) is 3.69. The van der Waals surface area contributed by atoms with Crippen LogP contribution < -0.4 is 11.1 Å². The van der Waals surface area contributed by atoms with Gasteiger partial charge >= 0.3 is 0 Å². The average Bonchev–Trinajstić information content (AvgIpc) is 2.30. The normalized spacial score (nSPS) is 25.0. The summed E-state index contributed by atoms with van der Waals surface area (Å²) in [5, 5.41) is 3.00. The van der Waals surface area contributed by atoms with Crippen LogP contribution in [0.25, 0.3) is 0 Å². The lowest BCUT2D eigenvalue weighted by atomic mass is 10.3. The van der Waals surface area contributed by atoms with Gasteiger partial charge in [-0.05, 0) is 13.8 Å². The van der Waals surface area contributed by atoms with E-state index in [0.29, 0.717) is 5.70 Å². The van der Waals surface area contributed by atoms with Gasteiger partial charge in [0.25, 0.3) is 0 Å². The van der Waals surface area contributed by atoms with Gasteiger partial charge in [-0.2, -0.15) is 0 Å². The molecule has 1 rings (SSSR count). The monoisotopic (exact) mass is 152 g/mol. The molecule has 1 aliphatic rings. The highest BCUT2D eigenvalue weighted by atomic mass is 15.1. The Bertz CT molecular complexity index is 256. The molecule has 0 aliphatic carbocycles. The van der Waals surface area contributed by atoms with Crippen molar-refractivity contribution < 1.29 is 0 Å². The number of hydrogen-bond acceptors (Lipinski definition) is 3. The van der Waals surface area contributed by atoms with Gasteiger partial charge in [-0.15, -0.1) is 0 Å². The van der Waals surface area contributed by atoms with E-state index >= 15 is 0 Å². The maximum Gasteiger partial charge on any atom is 0.154 e. The number of allylic oxidation sites excluding steroid dienone is 1. The summed E-state index contributed by atoms with van der Waals surface area (Å²) in [5.41, 5.74) is 7.02. The molecule has 0 unspecified atom stereocenters. The van der Waals surface area contributed by atoms with Crippen LogP contribution in [0.5, 0.6) is 0 Å². The molecular formula is C7H12N4. The maximum absolute atomic E-state index is 5.58. The lowest BCUT2D eigenvalue weighted by molar-refractivity contribution is 1.22. The lowest BCUT2D eigenvalue weighted by Gasteiger charge is -1.98. The van der Waals surface area contributed by atoms with Crippen LogP contribution in [0.3, 0.4) is 0 Å². The van der Waals surface area contributed by atoms with Crippen LogP contribution in [0, 0.1) is 0 Å². The Labute approximate surface area is 65.9 Å². The largest absolute Gasteiger partial charge is 0.400 e. The van der Waals surface area contributed by atoms with E-state index in [2.05, 4.69) is 15.3 Å². The van der Waals surface area contributed by atoms with Gasteiger partial charge in [0.15, 0.2) is 5.84 Å². The first kappa shape index (κ1) is 7.78. The number of nitrogens with two attached hydrogens (primary N) is 1. The van der Waals surface area contributed by atoms with Crippen molar-refractivity contribution in [3.05, 3.63) is 11.4 Å². The van der Waals surface area contributed by atoms with Gasteiger partial charge < -0.3 is 11.1 Å². The third kappa shape index (κ3) is 1.39. The zero-order valence-electron chi connectivity index (χ0n) is 6.97. The molecule has 0 bridgehead atoms. The summed E-state index contributed by atoms with van der Waals surface area (Å²) in [7, 11) is 1.71. The number of amidine groups is 2. The fraction of sp³-hybridized carbons (Fsp3) is 0.429. The van der Waals surface area contributed by atoms with Crippen LogP contribution >= 0.6 is 0 Å². The number of aliphatic imine (C=N–C) groups is 2. The molecule has 11 heavy (non-hydrogen) atoms. The van der Waals surface area contributed by atoms with Crippen molar-refractivity contribution in [2.24, 2.45) is 15.7 Å². The Hall–Kier alpha value is -1.32. The number of rotatable bonds is 0. The first-order valence-electron chi connectivity index (χ1n) is 3.41. The standard InChI is InChI=1S/C7H12N4/c1-4(8)6-7(9-3)11-5(2)10-6/h8H2,1-3H3,(H,9,10,11)/b6-4+. The van der Waals surface area contributed by atoms with E-state index in [4.69, 9.17) is 5.73 Å². The molecule has 1 heterocycles. The van der Waals surface area contributed by atoms with Gasteiger partial charge in [-0.25, -0.2) is 4.99 Å². The van der Waals surface area contributed by atoms with E-state index in [0.717, 1.165) is 17.4 Å². The summed E-state index contributed by atoms with van der Waals surface area (Å²) < 4.78 is 0. The minimum atomic E-state index is 0.690. The van der Waals surface area contributed by atoms with Gasteiger partial charge in [0.2, 0.25) is 0 Å². The van der Waals surface area contributed by atoms with Gasteiger partial charge in [0.1, 0.15) is 11.5 Å². The second-order valence-corrected chi connectivity index (χ2v) is 2.43. The summed E-state index contributed by atoms with van der Waals surface area (Å²) in [6, 6.07) is 0. The van der Waals surface area contributed by atoms with Crippen LogP contribution in [-0.2, 0) is 0 Å². The third-order valence-corrected chi connectivity index (χ3v) is 1.40. The maximum atomic E-state index is 5.58. The molecule has 0 spiro atoms. The molecule has 4 nitrogen and oxygen atoms in total. The van der Waals surface area contributed by atoms with Crippen molar-refractivity contribution in [2.75, 3.05) is 7.05 Å². The Morgan fingerprint density at radius 3 is 2.64 bits per heavy atom. The molecule has 0 fully saturated rings. The Morgan fingerprint density at radius 1 is 1.64 bits per heavy atom. The number of nitrogens with one attached hydrogen (secondary N) is 1. The molecule has 60 valence electrons. The van der Waals surface area contributed by atoms with Crippen molar-refractivity contribution in [2.45, 2.75) is 13.8 Å². The van der Waals surface area contributed by atoms with Crippen LogP contribution in [0.2, 0.25) is 0 Å². The third-order valence-electron chi connectivity index (χ3n) is 1.40. The topological polar surface area (TPSA) is 62.8 Å². The molecule has 1 aliphatic heterocycles. The summed E-state index contributed by atoms with van der Waals surface area (Å²) in [4.78, 5) is 8.16. The number of nitrogens with zero attached hydrogens (tertiary/aromatic N) is 2. The highest BCUT2D eigenvalue weighted by Gasteiger charge is 2.15. The first-order valence-corrected chi connectivity index (χ1v) is 3.41.